The fraction of sp³-hybridized carbons (Fsp3) is 0.429. The fourth-order valence-electron chi connectivity index (χ4n) is 2.76. The molecule has 2 aromatic rings. The molecule has 1 heterocycles. The van der Waals surface area contributed by atoms with E-state index in [1.807, 2.05) is 50.6 Å². The summed E-state index contributed by atoms with van der Waals surface area (Å²) in [7, 11) is 0. The lowest BCUT2D eigenvalue weighted by molar-refractivity contribution is -0.116. The van der Waals surface area contributed by atoms with E-state index in [-0.39, 0.29) is 12.0 Å². The normalized spacial score (nSPS) is 11.5. The summed E-state index contributed by atoms with van der Waals surface area (Å²) in [5, 5.41) is 8.65. The maximum absolute atomic E-state index is 12.0. The number of carbonyl (C=O) groups excluding carboxylic acids is 1. The number of aryl methyl sites for hydroxylation is 1. The molecule has 1 aromatic heterocycles. The summed E-state index contributed by atoms with van der Waals surface area (Å²) in [6, 6.07) is 5.44. The van der Waals surface area contributed by atoms with Crippen molar-refractivity contribution in [3.63, 3.8) is 0 Å². The molecule has 0 bridgehead atoms. The molecule has 1 aromatic carbocycles. The summed E-state index contributed by atoms with van der Waals surface area (Å²) in [5.74, 6) is -0.134. The van der Waals surface area contributed by atoms with Crippen molar-refractivity contribution >= 4 is 35.2 Å². The highest BCUT2D eigenvalue weighted by Gasteiger charge is 2.13. The number of rotatable bonds is 9. The van der Waals surface area contributed by atoms with Crippen molar-refractivity contribution in [2.75, 3.05) is 13.2 Å². The second-order valence-electron chi connectivity index (χ2n) is 6.84. The van der Waals surface area contributed by atoms with Gasteiger partial charge < -0.3 is 10.1 Å². The van der Waals surface area contributed by atoms with Crippen LogP contribution in [0.5, 0.6) is 0 Å². The van der Waals surface area contributed by atoms with Gasteiger partial charge in [-0.2, -0.15) is 5.10 Å². The minimum Gasteiger partial charge on any atom is -0.379 e. The molecule has 28 heavy (non-hydrogen) atoms. The number of hydrogen-bond donors (Lipinski definition) is 1. The van der Waals surface area contributed by atoms with E-state index in [1.165, 1.54) is 6.08 Å². The smallest absolute Gasteiger partial charge is 0.244 e. The quantitative estimate of drug-likeness (QED) is 0.465. The van der Waals surface area contributed by atoms with Gasteiger partial charge in [-0.15, -0.1) is 0 Å². The van der Waals surface area contributed by atoms with Crippen molar-refractivity contribution in [3.8, 4) is 0 Å². The van der Waals surface area contributed by atoms with E-state index in [0.717, 1.165) is 28.9 Å². The molecule has 5 nitrogen and oxygen atoms in total. The Kier molecular flexibility index (Phi) is 8.55. The third-order valence-electron chi connectivity index (χ3n) is 4.28. The van der Waals surface area contributed by atoms with E-state index < -0.39 is 0 Å². The number of nitrogens with zero attached hydrogens (tertiary/aromatic N) is 2. The monoisotopic (exact) mass is 423 g/mol. The number of carbonyl (C=O) groups is 1. The first-order valence-electron chi connectivity index (χ1n) is 9.34. The van der Waals surface area contributed by atoms with Crippen LogP contribution in [0.4, 0.5) is 0 Å². The summed E-state index contributed by atoms with van der Waals surface area (Å²) < 4.78 is 7.30. The zero-order chi connectivity index (χ0) is 20.7. The second kappa shape index (κ2) is 10.6. The highest BCUT2D eigenvalue weighted by atomic mass is 35.5. The van der Waals surface area contributed by atoms with Gasteiger partial charge >= 0.3 is 0 Å². The molecule has 1 amide bonds. The third kappa shape index (κ3) is 6.36. The lowest BCUT2D eigenvalue weighted by Crippen LogP contribution is -2.23. The van der Waals surface area contributed by atoms with Crippen molar-refractivity contribution in [1.82, 2.24) is 15.1 Å². The van der Waals surface area contributed by atoms with Gasteiger partial charge in [-0.25, -0.2) is 0 Å². The highest BCUT2D eigenvalue weighted by Crippen LogP contribution is 2.26. The van der Waals surface area contributed by atoms with Gasteiger partial charge in [-0.3, -0.25) is 9.48 Å². The number of hydrogen-bond acceptors (Lipinski definition) is 3. The predicted molar refractivity (Wildman–Crippen MR) is 115 cm³/mol. The van der Waals surface area contributed by atoms with Crippen LogP contribution < -0.4 is 5.32 Å². The standard InChI is InChI=1S/C21H27Cl2N3O2/c1-14(2)28-12-6-11-24-21(27)10-9-17-15(3)25-26(16(17)4)13-18-19(22)7-5-8-20(18)23/h5,7-10,14H,6,11-13H2,1-4H3,(H,24,27)/b10-9+. The van der Waals surface area contributed by atoms with Gasteiger partial charge in [0.15, 0.2) is 0 Å². The van der Waals surface area contributed by atoms with Crippen LogP contribution >= 0.6 is 23.2 Å². The largest absolute Gasteiger partial charge is 0.379 e. The Hall–Kier alpha value is -1.82. The minimum atomic E-state index is -0.134. The van der Waals surface area contributed by atoms with Crippen LogP contribution in [0, 0.1) is 13.8 Å². The Morgan fingerprint density at radius 3 is 2.61 bits per heavy atom. The number of aromatic nitrogens is 2. The van der Waals surface area contributed by atoms with Crippen LogP contribution in [0.3, 0.4) is 0 Å². The van der Waals surface area contributed by atoms with E-state index in [2.05, 4.69) is 10.4 Å². The zero-order valence-corrected chi connectivity index (χ0v) is 18.3. The van der Waals surface area contributed by atoms with Crippen molar-refractivity contribution in [2.45, 2.75) is 46.8 Å². The lowest BCUT2D eigenvalue weighted by atomic mass is 10.1. The van der Waals surface area contributed by atoms with Gasteiger partial charge in [-0.05, 0) is 52.3 Å². The van der Waals surface area contributed by atoms with E-state index >= 15 is 0 Å². The Morgan fingerprint density at radius 1 is 1.29 bits per heavy atom. The first-order valence-corrected chi connectivity index (χ1v) is 10.1. The van der Waals surface area contributed by atoms with Crippen LogP contribution in [-0.2, 0) is 16.1 Å². The van der Waals surface area contributed by atoms with Crippen molar-refractivity contribution in [3.05, 3.63) is 56.8 Å². The molecular formula is C21H27Cl2N3O2. The van der Waals surface area contributed by atoms with Gasteiger partial charge in [-0.1, -0.05) is 29.3 Å². The van der Waals surface area contributed by atoms with Crippen molar-refractivity contribution in [2.24, 2.45) is 0 Å². The molecule has 0 unspecified atom stereocenters. The van der Waals surface area contributed by atoms with Gasteiger partial charge in [0.2, 0.25) is 5.91 Å². The van der Waals surface area contributed by atoms with Gasteiger partial charge in [0.05, 0.1) is 18.3 Å². The molecular weight excluding hydrogens is 397 g/mol. The molecule has 0 radical (unpaired) electrons. The van der Waals surface area contributed by atoms with Crippen LogP contribution in [-0.4, -0.2) is 34.9 Å². The van der Waals surface area contributed by atoms with Gasteiger partial charge in [0.1, 0.15) is 0 Å². The number of amides is 1. The highest BCUT2D eigenvalue weighted by molar-refractivity contribution is 6.35. The first kappa shape index (κ1) is 22.5. The van der Waals surface area contributed by atoms with Crippen molar-refractivity contribution in [1.29, 1.82) is 0 Å². The maximum Gasteiger partial charge on any atom is 0.244 e. The summed E-state index contributed by atoms with van der Waals surface area (Å²) in [5.41, 5.74) is 3.53. The summed E-state index contributed by atoms with van der Waals surface area (Å²) >= 11 is 12.5. The summed E-state index contributed by atoms with van der Waals surface area (Å²) in [6.45, 7) is 9.55. The molecule has 0 aliphatic rings. The van der Waals surface area contributed by atoms with Crippen LogP contribution in [0.1, 0.15) is 42.8 Å². The maximum atomic E-state index is 12.0. The van der Waals surface area contributed by atoms with Gasteiger partial charge in [0.25, 0.3) is 0 Å². The van der Waals surface area contributed by atoms with E-state index in [1.54, 1.807) is 6.08 Å². The molecule has 1 N–H and O–H groups in total. The molecule has 7 heteroatoms. The summed E-state index contributed by atoms with van der Waals surface area (Å²) in [6.07, 6.45) is 4.32. The predicted octanol–water partition coefficient (Wildman–Crippen LogP) is 4.80. The average Bonchev–Trinajstić information content (AvgIpc) is 2.89. The average molecular weight is 424 g/mol. The molecule has 2 rings (SSSR count). The molecule has 0 atom stereocenters. The van der Waals surface area contributed by atoms with E-state index in [0.29, 0.717) is 29.7 Å². The SMILES string of the molecule is Cc1nn(Cc2c(Cl)cccc2Cl)c(C)c1/C=C/C(=O)NCCCOC(C)C. The Labute approximate surface area is 176 Å². The molecule has 0 aliphatic heterocycles. The Bertz CT molecular complexity index is 824. The Balaban J connectivity index is 1.99. The molecule has 0 saturated carbocycles. The van der Waals surface area contributed by atoms with Gasteiger partial charge in [0, 0.05) is 46.1 Å². The number of benzene rings is 1. The van der Waals surface area contributed by atoms with E-state index in [9.17, 15) is 4.79 Å². The zero-order valence-electron chi connectivity index (χ0n) is 16.8. The Morgan fingerprint density at radius 2 is 1.96 bits per heavy atom. The summed E-state index contributed by atoms with van der Waals surface area (Å²) in [4.78, 5) is 12.0. The number of nitrogens with one attached hydrogen (secondary N) is 1. The number of ether oxygens (including phenoxy) is 1. The second-order valence-corrected chi connectivity index (χ2v) is 7.65. The lowest BCUT2D eigenvalue weighted by Gasteiger charge is -2.09. The molecule has 0 fully saturated rings. The topological polar surface area (TPSA) is 56.2 Å². The molecule has 152 valence electrons. The fourth-order valence-corrected chi connectivity index (χ4v) is 3.28. The number of halogens is 2. The minimum absolute atomic E-state index is 0.134. The van der Waals surface area contributed by atoms with Crippen molar-refractivity contribution < 1.29 is 9.53 Å². The van der Waals surface area contributed by atoms with Crippen LogP contribution in [0.15, 0.2) is 24.3 Å². The molecule has 0 saturated heterocycles. The van der Waals surface area contributed by atoms with E-state index in [4.69, 9.17) is 27.9 Å². The third-order valence-corrected chi connectivity index (χ3v) is 4.99. The van der Waals surface area contributed by atoms with Crippen LogP contribution in [0.2, 0.25) is 10.0 Å². The first-order chi connectivity index (χ1) is 13.3. The molecule has 0 aliphatic carbocycles. The molecule has 0 spiro atoms. The van der Waals surface area contributed by atoms with Crippen LogP contribution in [0.25, 0.3) is 6.08 Å².